The minimum absolute atomic E-state index is 0.0223. The second-order valence-electron chi connectivity index (χ2n) is 7.33. The quantitative estimate of drug-likeness (QED) is 0.922. The number of aryl methyl sites for hydroxylation is 1. The Kier molecular flexibility index (Phi) is 5.77. The summed E-state index contributed by atoms with van der Waals surface area (Å²) in [7, 11) is 0. The van der Waals surface area contributed by atoms with Crippen LogP contribution in [0, 0.1) is 6.92 Å². The van der Waals surface area contributed by atoms with Crippen molar-refractivity contribution in [3.63, 3.8) is 0 Å². The van der Waals surface area contributed by atoms with E-state index in [1.807, 2.05) is 0 Å². The van der Waals surface area contributed by atoms with Crippen LogP contribution in [0.3, 0.4) is 0 Å². The molecule has 1 heterocycles. The van der Waals surface area contributed by atoms with Gasteiger partial charge in [0.05, 0.1) is 6.04 Å². The van der Waals surface area contributed by atoms with Crippen molar-refractivity contribution in [3.8, 4) is 0 Å². The molecule has 1 saturated heterocycles. The molecule has 1 saturated carbocycles. The molecule has 0 aromatic heterocycles. The van der Waals surface area contributed by atoms with Crippen LogP contribution in [0.4, 0.5) is 5.69 Å². The van der Waals surface area contributed by atoms with Crippen molar-refractivity contribution >= 4 is 11.6 Å². The minimum Gasteiger partial charge on any atom is -0.369 e. The van der Waals surface area contributed by atoms with Crippen LogP contribution in [0.25, 0.3) is 0 Å². The van der Waals surface area contributed by atoms with E-state index < -0.39 is 0 Å². The van der Waals surface area contributed by atoms with E-state index in [1.54, 1.807) is 0 Å². The molecular weight excluding hydrogens is 298 g/mol. The number of nitrogens with one attached hydrogen (secondary N) is 1. The van der Waals surface area contributed by atoms with Gasteiger partial charge in [-0.2, -0.15) is 0 Å². The standard InChI is InChI=1S/C20H31N3O/c1-16-8-6-7-11-19(16)23-14-12-22(13-15-23)17(2)20(24)21-18-9-4-3-5-10-18/h6-8,11,17-18H,3-5,9-10,12-15H2,1-2H3,(H,21,24). The number of anilines is 1. The normalized spacial score (nSPS) is 21.5. The monoisotopic (exact) mass is 329 g/mol. The molecular formula is C20H31N3O. The van der Waals surface area contributed by atoms with Gasteiger partial charge in [0.1, 0.15) is 0 Å². The Morgan fingerprint density at radius 3 is 2.42 bits per heavy atom. The first-order valence-corrected chi connectivity index (χ1v) is 9.50. The van der Waals surface area contributed by atoms with Gasteiger partial charge in [0.25, 0.3) is 0 Å². The fraction of sp³-hybridized carbons (Fsp3) is 0.650. The third-order valence-corrected chi connectivity index (χ3v) is 5.65. The molecule has 0 radical (unpaired) electrons. The maximum absolute atomic E-state index is 12.5. The molecule has 1 aromatic rings. The number of rotatable bonds is 4. The number of carbonyl (C=O) groups is 1. The molecule has 4 nitrogen and oxygen atoms in total. The van der Waals surface area contributed by atoms with Gasteiger partial charge in [0, 0.05) is 37.9 Å². The molecule has 24 heavy (non-hydrogen) atoms. The molecule has 4 heteroatoms. The number of carbonyl (C=O) groups excluding carboxylic acids is 1. The molecule has 0 spiro atoms. The van der Waals surface area contributed by atoms with Gasteiger partial charge in [-0.25, -0.2) is 0 Å². The Morgan fingerprint density at radius 1 is 1.08 bits per heavy atom. The van der Waals surface area contributed by atoms with Gasteiger partial charge in [-0.3, -0.25) is 9.69 Å². The lowest BCUT2D eigenvalue weighted by molar-refractivity contribution is -0.127. The summed E-state index contributed by atoms with van der Waals surface area (Å²) in [6.07, 6.45) is 6.14. The number of para-hydroxylation sites is 1. The first-order valence-electron chi connectivity index (χ1n) is 9.50. The van der Waals surface area contributed by atoms with Gasteiger partial charge in [-0.1, -0.05) is 37.5 Å². The highest BCUT2D eigenvalue weighted by Crippen LogP contribution is 2.22. The lowest BCUT2D eigenvalue weighted by atomic mass is 9.95. The number of benzene rings is 1. The number of amides is 1. The topological polar surface area (TPSA) is 35.6 Å². The third-order valence-electron chi connectivity index (χ3n) is 5.65. The fourth-order valence-electron chi connectivity index (χ4n) is 4.00. The molecule has 1 amide bonds. The van der Waals surface area contributed by atoms with Gasteiger partial charge in [0.2, 0.25) is 5.91 Å². The Hall–Kier alpha value is -1.55. The molecule has 1 aromatic carbocycles. The van der Waals surface area contributed by atoms with E-state index in [0.29, 0.717) is 6.04 Å². The van der Waals surface area contributed by atoms with Crippen molar-refractivity contribution in [2.75, 3.05) is 31.1 Å². The highest BCUT2D eigenvalue weighted by Gasteiger charge is 2.27. The summed E-state index contributed by atoms with van der Waals surface area (Å²) in [5.41, 5.74) is 2.66. The average Bonchev–Trinajstić information content (AvgIpc) is 2.62. The minimum atomic E-state index is -0.0223. The predicted molar refractivity (Wildman–Crippen MR) is 99.4 cm³/mol. The summed E-state index contributed by atoms with van der Waals surface area (Å²) >= 11 is 0. The molecule has 1 unspecified atom stereocenters. The molecule has 132 valence electrons. The zero-order valence-corrected chi connectivity index (χ0v) is 15.1. The molecule has 2 aliphatic rings. The van der Waals surface area contributed by atoms with E-state index in [0.717, 1.165) is 39.0 Å². The van der Waals surface area contributed by atoms with Crippen LogP contribution in [0.15, 0.2) is 24.3 Å². The molecule has 1 aliphatic heterocycles. The Balaban J connectivity index is 1.50. The van der Waals surface area contributed by atoms with E-state index in [4.69, 9.17) is 0 Å². The summed E-state index contributed by atoms with van der Waals surface area (Å²) in [4.78, 5) is 17.3. The van der Waals surface area contributed by atoms with Crippen molar-refractivity contribution in [2.24, 2.45) is 0 Å². The fourth-order valence-corrected chi connectivity index (χ4v) is 4.00. The lowest BCUT2D eigenvalue weighted by Gasteiger charge is -2.39. The largest absolute Gasteiger partial charge is 0.369 e. The number of piperazine rings is 1. The van der Waals surface area contributed by atoms with Crippen molar-refractivity contribution in [2.45, 2.75) is 58.0 Å². The van der Waals surface area contributed by atoms with E-state index in [2.05, 4.69) is 53.2 Å². The molecule has 3 rings (SSSR count). The van der Waals surface area contributed by atoms with Crippen LogP contribution in [-0.2, 0) is 4.79 Å². The SMILES string of the molecule is Cc1ccccc1N1CCN(C(C)C(=O)NC2CCCCC2)CC1. The van der Waals surface area contributed by atoms with E-state index in [1.165, 1.54) is 30.5 Å². The lowest BCUT2D eigenvalue weighted by Crippen LogP contribution is -2.55. The highest BCUT2D eigenvalue weighted by molar-refractivity contribution is 5.81. The Bertz CT molecular complexity index is 546. The smallest absolute Gasteiger partial charge is 0.237 e. The summed E-state index contributed by atoms with van der Waals surface area (Å²) in [5, 5.41) is 3.27. The van der Waals surface area contributed by atoms with Crippen molar-refractivity contribution in [3.05, 3.63) is 29.8 Å². The van der Waals surface area contributed by atoms with E-state index in [9.17, 15) is 4.79 Å². The molecule has 1 aliphatic carbocycles. The first kappa shape index (κ1) is 17.3. The summed E-state index contributed by atoms with van der Waals surface area (Å²) in [6.45, 7) is 8.11. The number of hydrogen-bond acceptors (Lipinski definition) is 3. The molecule has 1 atom stereocenters. The highest BCUT2D eigenvalue weighted by atomic mass is 16.2. The van der Waals surface area contributed by atoms with Crippen LogP contribution >= 0.6 is 0 Å². The number of nitrogens with zero attached hydrogens (tertiary/aromatic N) is 2. The summed E-state index contributed by atoms with van der Waals surface area (Å²) in [6, 6.07) is 8.95. The molecule has 0 bridgehead atoms. The second-order valence-corrected chi connectivity index (χ2v) is 7.33. The molecule has 1 N–H and O–H groups in total. The maximum Gasteiger partial charge on any atom is 0.237 e. The van der Waals surface area contributed by atoms with Gasteiger partial charge >= 0.3 is 0 Å². The molecule has 2 fully saturated rings. The first-order chi connectivity index (χ1) is 11.6. The summed E-state index contributed by atoms with van der Waals surface area (Å²) < 4.78 is 0. The zero-order valence-electron chi connectivity index (χ0n) is 15.1. The van der Waals surface area contributed by atoms with Crippen molar-refractivity contribution < 1.29 is 4.79 Å². The van der Waals surface area contributed by atoms with Crippen molar-refractivity contribution in [1.29, 1.82) is 0 Å². The number of hydrogen-bond donors (Lipinski definition) is 1. The Labute approximate surface area is 146 Å². The maximum atomic E-state index is 12.5. The average molecular weight is 329 g/mol. The predicted octanol–water partition coefficient (Wildman–Crippen LogP) is 2.95. The third kappa shape index (κ3) is 4.10. The van der Waals surface area contributed by atoms with Crippen LogP contribution in [0.1, 0.15) is 44.6 Å². The van der Waals surface area contributed by atoms with Gasteiger partial charge < -0.3 is 10.2 Å². The van der Waals surface area contributed by atoms with Crippen LogP contribution in [-0.4, -0.2) is 49.1 Å². The summed E-state index contributed by atoms with van der Waals surface area (Å²) in [5.74, 6) is 0.214. The van der Waals surface area contributed by atoms with Crippen LogP contribution < -0.4 is 10.2 Å². The van der Waals surface area contributed by atoms with Gasteiger partial charge in [-0.05, 0) is 38.3 Å². The zero-order chi connectivity index (χ0) is 16.9. The van der Waals surface area contributed by atoms with E-state index >= 15 is 0 Å². The Morgan fingerprint density at radius 2 is 1.75 bits per heavy atom. The van der Waals surface area contributed by atoms with E-state index in [-0.39, 0.29) is 11.9 Å². The van der Waals surface area contributed by atoms with Gasteiger partial charge in [-0.15, -0.1) is 0 Å². The van der Waals surface area contributed by atoms with Crippen LogP contribution in [0.5, 0.6) is 0 Å². The van der Waals surface area contributed by atoms with Crippen molar-refractivity contribution in [1.82, 2.24) is 10.2 Å². The second kappa shape index (κ2) is 8.02. The van der Waals surface area contributed by atoms with Gasteiger partial charge in [0.15, 0.2) is 0 Å². The van der Waals surface area contributed by atoms with Crippen LogP contribution in [0.2, 0.25) is 0 Å².